The summed E-state index contributed by atoms with van der Waals surface area (Å²) in [7, 11) is 0. The van der Waals surface area contributed by atoms with Crippen LogP contribution in [0.25, 0.3) is 0 Å². The maximum absolute atomic E-state index is 5.99. The van der Waals surface area contributed by atoms with Crippen molar-refractivity contribution in [1.82, 2.24) is 15.3 Å². The predicted molar refractivity (Wildman–Crippen MR) is 72.5 cm³/mol. The maximum Gasteiger partial charge on any atom is 0.103 e. The average Bonchev–Trinajstić information content (AvgIpc) is 2.82. The number of aryl methyl sites for hydroxylation is 1. The Labute approximate surface area is 110 Å². The van der Waals surface area contributed by atoms with Gasteiger partial charge in [-0.15, -0.1) is 0 Å². The lowest BCUT2D eigenvalue weighted by Crippen LogP contribution is -2.46. The van der Waals surface area contributed by atoms with Gasteiger partial charge in [-0.25, -0.2) is 4.98 Å². The molecule has 0 aliphatic carbocycles. The molecule has 1 atom stereocenters. The van der Waals surface area contributed by atoms with E-state index >= 15 is 0 Å². The second-order valence-corrected chi connectivity index (χ2v) is 5.30. The zero-order valence-corrected chi connectivity index (χ0v) is 11.8. The Morgan fingerprint density at radius 2 is 2.28 bits per heavy atom. The summed E-state index contributed by atoms with van der Waals surface area (Å²) >= 11 is 0. The molecule has 0 amide bonds. The lowest BCUT2D eigenvalue weighted by atomic mass is 9.86. The van der Waals surface area contributed by atoms with E-state index in [0.29, 0.717) is 6.04 Å². The van der Waals surface area contributed by atoms with E-state index in [9.17, 15) is 0 Å². The van der Waals surface area contributed by atoms with Crippen LogP contribution < -0.4 is 5.32 Å². The summed E-state index contributed by atoms with van der Waals surface area (Å²) < 4.78 is 5.99. The number of ether oxygens (including phenoxy) is 1. The minimum absolute atomic E-state index is 0.0970. The van der Waals surface area contributed by atoms with E-state index in [1.165, 1.54) is 0 Å². The molecule has 2 heterocycles. The van der Waals surface area contributed by atoms with Crippen molar-refractivity contribution >= 4 is 0 Å². The third-order valence-electron chi connectivity index (χ3n) is 4.12. The van der Waals surface area contributed by atoms with Crippen molar-refractivity contribution in [2.75, 3.05) is 6.61 Å². The van der Waals surface area contributed by atoms with Gasteiger partial charge in [0.25, 0.3) is 0 Å². The molecule has 1 unspecified atom stereocenters. The molecule has 0 saturated carbocycles. The van der Waals surface area contributed by atoms with Gasteiger partial charge in [-0.1, -0.05) is 13.8 Å². The highest BCUT2D eigenvalue weighted by molar-refractivity contribution is 5.00. The van der Waals surface area contributed by atoms with E-state index in [0.717, 1.165) is 50.4 Å². The normalized spacial score (nSPS) is 23.2. The van der Waals surface area contributed by atoms with Crippen molar-refractivity contribution in [1.29, 1.82) is 0 Å². The molecule has 1 aliphatic rings. The summed E-state index contributed by atoms with van der Waals surface area (Å²) in [6.07, 6.45) is 6.34. The molecule has 4 nitrogen and oxygen atoms in total. The van der Waals surface area contributed by atoms with Gasteiger partial charge in [-0.3, -0.25) is 0 Å². The molecule has 4 heteroatoms. The number of aromatic nitrogens is 2. The Bertz CT molecular complexity index is 371. The van der Waals surface area contributed by atoms with Gasteiger partial charge in [0.2, 0.25) is 0 Å². The van der Waals surface area contributed by atoms with Gasteiger partial charge in [0.15, 0.2) is 0 Å². The first-order valence-electron chi connectivity index (χ1n) is 7.05. The Balaban J connectivity index is 1.86. The molecule has 1 aromatic rings. The Morgan fingerprint density at radius 3 is 2.89 bits per heavy atom. The number of imidazole rings is 1. The van der Waals surface area contributed by atoms with Crippen molar-refractivity contribution in [3.05, 3.63) is 17.7 Å². The molecule has 102 valence electrons. The van der Waals surface area contributed by atoms with Crippen LogP contribution in [-0.2, 0) is 11.3 Å². The number of hydrogen-bond donors (Lipinski definition) is 2. The Kier molecular flexibility index (Phi) is 4.40. The molecule has 1 aromatic heterocycles. The molecule has 0 radical (unpaired) electrons. The Hall–Kier alpha value is -0.870. The van der Waals surface area contributed by atoms with Crippen LogP contribution in [-0.4, -0.2) is 28.2 Å². The summed E-state index contributed by atoms with van der Waals surface area (Å²) in [6, 6.07) is 0.558. The number of H-pyrrole nitrogens is 1. The van der Waals surface area contributed by atoms with Crippen molar-refractivity contribution in [2.45, 2.75) is 64.6 Å². The van der Waals surface area contributed by atoms with Crippen molar-refractivity contribution < 1.29 is 4.74 Å². The van der Waals surface area contributed by atoms with Gasteiger partial charge < -0.3 is 15.0 Å². The third kappa shape index (κ3) is 3.12. The van der Waals surface area contributed by atoms with Gasteiger partial charge >= 0.3 is 0 Å². The summed E-state index contributed by atoms with van der Waals surface area (Å²) in [6.45, 7) is 8.18. The standard InChI is InChI=1S/C14H25N3O/c1-4-14(5-2)8-12(6-7-18-14)16-10-13-9-15-11(3)17-13/h9,12,16H,4-8,10H2,1-3H3,(H,15,17). The number of aromatic amines is 1. The van der Waals surface area contributed by atoms with Crippen molar-refractivity contribution in [2.24, 2.45) is 0 Å². The second-order valence-electron chi connectivity index (χ2n) is 5.30. The number of rotatable bonds is 5. The first-order valence-corrected chi connectivity index (χ1v) is 7.05. The van der Waals surface area contributed by atoms with Crippen LogP contribution in [0, 0.1) is 6.92 Å². The van der Waals surface area contributed by atoms with Gasteiger partial charge in [0, 0.05) is 31.1 Å². The van der Waals surface area contributed by atoms with Gasteiger partial charge in [0.1, 0.15) is 5.82 Å². The maximum atomic E-state index is 5.99. The van der Waals surface area contributed by atoms with Crippen LogP contribution in [0.15, 0.2) is 6.20 Å². The van der Waals surface area contributed by atoms with E-state index in [4.69, 9.17) is 4.74 Å². The number of hydrogen-bond acceptors (Lipinski definition) is 3. The molecular formula is C14H25N3O. The van der Waals surface area contributed by atoms with E-state index in [2.05, 4.69) is 29.1 Å². The van der Waals surface area contributed by atoms with Crippen molar-refractivity contribution in [3.63, 3.8) is 0 Å². The largest absolute Gasteiger partial charge is 0.375 e. The molecule has 2 N–H and O–H groups in total. The summed E-state index contributed by atoms with van der Waals surface area (Å²) in [5.41, 5.74) is 1.26. The molecule has 1 fully saturated rings. The predicted octanol–water partition coefficient (Wildman–Crippen LogP) is 2.55. The van der Waals surface area contributed by atoms with E-state index in [-0.39, 0.29) is 5.60 Å². The van der Waals surface area contributed by atoms with E-state index in [1.807, 2.05) is 13.1 Å². The van der Waals surface area contributed by atoms with Crippen LogP contribution in [0.4, 0.5) is 0 Å². The quantitative estimate of drug-likeness (QED) is 0.845. The molecule has 0 aromatic carbocycles. The van der Waals surface area contributed by atoms with Crippen LogP contribution in [0.5, 0.6) is 0 Å². The molecular weight excluding hydrogens is 226 g/mol. The van der Waals surface area contributed by atoms with Crippen molar-refractivity contribution in [3.8, 4) is 0 Å². The fourth-order valence-corrected chi connectivity index (χ4v) is 2.76. The second kappa shape index (κ2) is 5.85. The number of nitrogens with one attached hydrogen (secondary N) is 2. The summed E-state index contributed by atoms with van der Waals surface area (Å²) in [4.78, 5) is 7.48. The zero-order chi connectivity index (χ0) is 13.0. The SMILES string of the molecule is CCC1(CC)CC(NCc2cnc(C)[nH]2)CCO1. The first-order chi connectivity index (χ1) is 8.67. The highest BCUT2D eigenvalue weighted by atomic mass is 16.5. The van der Waals surface area contributed by atoms with Crippen LogP contribution in [0.1, 0.15) is 51.0 Å². The molecule has 0 bridgehead atoms. The molecule has 1 aliphatic heterocycles. The average molecular weight is 251 g/mol. The number of nitrogens with zero attached hydrogens (tertiary/aromatic N) is 1. The lowest BCUT2D eigenvalue weighted by Gasteiger charge is -2.40. The third-order valence-corrected chi connectivity index (χ3v) is 4.12. The van der Waals surface area contributed by atoms with Crippen LogP contribution >= 0.6 is 0 Å². The van der Waals surface area contributed by atoms with Gasteiger partial charge in [-0.2, -0.15) is 0 Å². The fraction of sp³-hybridized carbons (Fsp3) is 0.786. The van der Waals surface area contributed by atoms with Crippen LogP contribution in [0.3, 0.4) is 0 Å². The van der Waals surface area contributed by atoms with Gasteiger partial charge in [0.05, 0.1) is 5.60 Å². The first kappa shape index (κ1) is 13.6. The molecule has 18 heavy (non-hydrogen) atoms. The zero-order valence-electron chi connectivity index (χ0n) is 11.8. The van der Waals surface area contributed by atoms with E-state index in [1.54, 1.807) is 0 Å². The Morgan fingerprint density at radius 1 is 1.50 bits per heavy atom. The lowest BCUT2D eigenvalue weighted by molar-refractivity contribution is -0.0932. The van der Waals surface area contributed by atoms with Crippen LogP contribution in [0.2, 0.25) is 0 Å². The smallest absolute Gasteiger partial charge is 0.103 e. The van der Waals surface area contributed by atoms with Gasteiger partial charge in [-0.05, 0) is 32.6 Å². The summed E-state index contributed by atoms with van der Waals surface area (Å²) in [5.74, 6) is 0.982. The summed E-state index contributed by atoms with van der Waals surface area (Å²) in [5, 5.41) is 3.62. The minimum atomic E-state index is 0.0970. The fourth-order valence-electron chi connectivity index (χ4n) is 2.76. The molecule has 2 rings (SSSR count). The monoisotopic (exact) mass is 251 g/mol. The minimum Gasteiger partial charge on any atom is -0.375 e. The highest BCUT2D eigenvalue weighted by Gasteiger charge is 2.34. The highest BCUT2D eigenvalue weighted by Crippen LogP contribution is 2.31. The topological polar surface area (TPSA) is 49.9 Å². The van der Waals surface area contributed by atoms with E-state index < -0.39 is 0 Å². The molecule has 1 saturated heterocycles. The molecule has 0 spiro atoms.